The predicted molar refractivity (Wildman–Crippen MR) is 83.4 cm³/mol. The number of hydrogen-bond acceptors (Lipinski definition) is 1. The van der Waals surface area contributed by atoms with Gasteiger partial charge in [-0.2, -0.15) is 0 Å². The summed E-state index contributed by atoms with van der Waals surface area (Å²) in [6.45, 7) is 14.2. The summed E-state index contributed by atoms with van der Waals surface area (Å²) in [4.78, 5) is 0. The van der Waals surface area contributed by atoms with Crippen molar-refractivity contribution in [3.63, 3.8) is 0 Å². The molecule has 1 aliphatic carbocycles. The van der Waals surface area contributed by atoms with Crippen LogP contribution in [0.25, 0.3) is 0 Å². The largest absolute Gasteiger partial charge is 0.414 e. The molecule has 18 heavy (non-hydrogen) atoms. The fourth-order valence-corrected chi connectivity index (χ4v) is 6.48. The van der Waals surface area contributed by atoms with E-state index in [-0.39, 0.29) is 0 Å². The lowest BCUT2D eigenvalue weighted by molar-refractivity contribution is 0.0373. The van der Waals surface area contributed by atoms with E-state index < -0.39 is 8.32 Å². The second-order valence-electron chi connectivity index (χ2n) is 6.73. The summed E-state index contributed by atoms with van der Waals surface area (Å²) in [6.07, 6.45) is 4.64. The third kappa shape index (κ3) is 3.83. The summed E-state index contributed by atoms with van der Waals surface area (Å²) >= 11 is 0. The number of rotatable bonds is 6. The molecule has 0 bridgehead atoms. The molecule has 1 saturated carbocycles. The first-order chi connectivity index (χ1) is 8.48. The molecule has 0 aromatic heterocycles. The SMILES string of the molecule is CC[Si](CC)(CC)O[C@@H]1C[C@@H](C)CC[C@H]1C(C)C. The van der Waals surface area contributed by atoms with Crippen molar-refractivity contribution in [1.82, 2.24) is 0 Å². The Kier molecular flexibility index (Phi) is 6.39. The minimum Gasteiger partial charge on any atom is -0.414 e. The van der Waals surface area contributed by atoms with Crippen LogP contribution < -0.4 is 0 Å². The van der Waals surface area contributed by atoms with Crippen LogP contribution in [0.2, 0.25) is 18.1 Å². The maximum Gasteiger partial charge on any atom is 0.192 e. The summed E-state index contributed by atoms with van der Waals surface area (Å²) in [5, 5.41) is 0. The van der Waals surface area contributed by atoms with Gasteiger partial charge in [0.15, 0.2) is 8.32 Å². The zero-order valence-electron chi connectivity index (χ0n) is 13.5. The second-order valence-corrected chi connectivity index (χ2v) is 11.4. The van der Waals surface area contributed by atoms with E-state index in [0.29, 0.717) is 6.10 Å². The zero-order chi connectivity index (χ0) is 13.8. The van der Waals surface area contributed by atoms with E-state index >= 15 is 0 Å². The van der Waals surface area contributed by atoms with Crippen molar-refractivity contribution in [2.24, 2.45) is 17.8 Å². The van der Waals surface area contributed by atoms with Gasteiger partial charge in [0, 0.05) is 6.10 Å². The smallest absolute Gasteiger partial charge is 0.192 e. The Morgan fingerprint density at radius 2 is 1.61 bits per heavy atom. The summed E-state index contributed by atoms with van der Waals surface area (Å²) in [5.41, 5.74) is 0. The molecule has 1 aliphatic rings. The van der Waals surface area contributed by atoms with Gasteiger partial charge in [-0.1, -0.05) is 48.0 Å². The van der Waals surface area contributed by atoms with Crippen LogP contribution in [0.1, 0.15) is 60.8 Å². The molecule has 3 atom stereocenters. The van der Waals surface area contributed by atoms with Crippen molar-refractivity contribution < 1.29 is 4.43 Å². The lowest BCUT2D eigenvalue weighted by Crippen LogP contribution is -2.45. The van der Waals surface area contributed by atoms with Gasteiger partial charge in [-0.05, 0) is 48.7 Å². The molecule has 0 heterocycles. The number of hydrogen-bond donors (Lipinski definition) is 0. The van der Waals surface area contributed by atoms with E-state index in [0.717, 1.165) is 17.8 Å². The van der Waals surface area contributed by atoms with Crippen LogP contribution in [0.5, 0.6) is 0 Å². The van der Waals surface area contributed by atoms with E-state index in [1.54, 1.807) is 0 Å². The maximum atomic E-state index is 6.81. The highest BCUT2D eigenvalue weighted by Gasteiger charge is 2.38. The lowest BCUT2D eigenvalue weighted by atomic mass is 9.75. The Morgan fingerprint density at radius 3 is 2.06 bits per heavy atom. The molecule has 0 aliphatic heterocycles. The zero-order valence-corrected chi connectivity index (χ0v) is 14.5. The molecule has 0 N–H and O–H groups in total. The molecule has 0 unspecified atom stereocenters. The normalized spacial score (nSPS) is 29.8. The van der Waals surface area contributed by atoms with Gasteiger partial charge < -0.3 is 4.43 Å². The minimum atomic E-state index is -1.42. The van der Waals surface area contributed by atoms with Crippen LogP contribution in [-0.2, 0) is 4.43 Å². The molecule has 1 fully saturated rings. The van der Waals surface area contributed by atoms with Crippen LogP contribution in [0, 0.1) is 17.8 Å². The van der Waals surface area contributed by atoms with Crippen molar-refractivity contribution >= 4 is 8.32 Å². The Morgan fingerprint density at radius 1 is 1.06 bits per heavy atom. The van der Waals surface area contributed by atoms with Gasteiger partial charge in [-0.3, -0.25) is 0 Å². The molecular weight excluding hydrogens is 236 g/mol. The van der Waals surface area contributed by atoms with Crippen molar-refractivity contribution in [3.8, 4) is 0 Å². The third-order valence-corrected chi connectivity index (χ3v) is 9.96. The highest BCUT2D eigenvalue weighted by Crippen LogP contribution is 2.38. The highest BCUT2D eigenvalue weighted by molar-refractivity contribution is 6.73. The van der Waals surface area contributed by atoms with Gasteiger partial charge in [-0.15, -0.1) is 0 Å². The Bertz CT molecular complexity index is 227. The first-order valence-electron chi connectivity index (χ1n) is 8.15. The van der Waals surface area contributed by atoms with Crippen LogP contribution >= 0.6 is 0 Å². The highest BCUT2D eigenvalue weighted by atomic mass is 28.4. The maximum absolute atomic E-state index is 6.81. The van der Waals surface area contributed by atoms with Gasteiger partial charge in [0.05, 0.1) is 0 Å². The Hall–Kier alpha value is 0.177. The van der Waals surface area contributed by atoms with Gasteiger partial charge in [-0.25, -0.2) is 0 Å². The average Bonchev–Trinajstić information content (AvgIpc) is 2.36. The molecular formula is C16H34OSi. The Balaban J connectivity index is 2.76. The predicted octanol–water partition coefficient (Wildman–Crippen LogP) is 5.47. The summed E-state index contributed by atoms with van der Waals surface area (Å²) in [6, 6.07) is 3.86. The minimum absolute atomic E-state index is 0.556. The van der Waals surface area contributed by atoms with Crippen LogP contribution in [0.15, 0.2) is 0 Å². The average molecular weight is 271 g/mol. The summed E-state index contributed by atoms with van der Waals surface area (Å²) < 4.78 is 6.81. The van der Waals surface area contributed by atoms with E-state index in [2.05, 4.69) is 41.5 Å². The van der Waals surface area contributed by atoms with Crippen LogP contribution in [0.3, 0.4) is 0 Å². The third-order valence-electron chi connectivity index (χ3n) is 5.30. The quantitative estimate of drug-likeness (QED) is 0.582. The molecule has 0 spiro atoms. The summed E-state index contributed by atoms with van der Waals surface area (Å²) in [5.74, 6) is 2.44. The molecule has 1 nitrogen and oxygen atoms in total. The second kappa shape index (κ2) is 7.09. The monoisotopic (exact) mass is 270 g/mol. The molecule has 0 saturated heterocycles. The first kappa shape index (κ1) is 16.2. The van der Waals surface area contributed by atoms with Gasteiger partial charge >= 0.3 is 0 Å². The lowest BCUT2D eigenvalue weighted by Gasteiger charge is -2.42. The fourth-order valence-electron chi connectivity index (χ4n) is 3.57. The van der Waals surface area contributed by atoms with E-state index in [1.165, 1.54) is 37.4 Å². The molecule has 108 valence electrons. The van der Waals surface area contributed by atoms with Gasteiger partial charge in [0.2, 0.25) is 0 Å². The first-order valence-corrected chi connectivity index (χ1v) is 10.7. The fraction of sp³-hybridized carbons (Fsp3) is 1.00. The van der Waals surface area contributed by atoms with Gasteiger partial charge in [0.25, 0.3) is 0 Å². The van der Waals surface area contributed by atoms with Crippen molar-refractivity contribution in [2.75, 3.05) is 0 Å². The van der Waals surface area contributed by atoms with Gasteiger partial charge in [0.1, 0.15) is 0 Å². The van der Waals surface area contributed by atoms with Crippen molar-refractivity contribution in [3.05, 3.63) is 0 Å². The molecule has 0 aromatic carbocycles. The molecule has 0 amide bonds. The molecule has 0 aromatic rings. The summed E-state index contributed by atoms with van der Waals surface area (Å²) in [7, 11) is -1.42. The van der Waals surface area contributed by atoms with Crippen LogP contribution in [-0.4, -0.2) is 14.4 Å². The van der Waals surface area contributed by atoms with E-state index in [9.17, 15) is 0 Å². The molecule has 2 heteroatoms. The van der Waals surface area contributed by atoms with Crippen molar-refractivity contribution in [1.29, 1.82) is 0 Å². The Labute approximate surface area is 116 Å². The van der Waals surface area contributed by atoms with Crippen molar-refractivity contribution in [2.45, 2.75) is 85.0 Å². The topological polar surface area (TPSA) is 9.23 Å². The van der Waals surface area contributed by atoms with Crippen LogP contribution in [0.4, 0.5) is 0 Å². The standard InChI is InChI=1S/C16H34OSi/c1-7-18(8-2,9-3)17-16-12-14(6)10-11-15(16)13(4)5/h13-16H,7-12H2,1-6H3/t14-,15-,16+/m0/s1. The van der Waals surface area contributed by atoms with E-state index in [1.807, 2.05) is 0 Å². The molecule has 1 rings (SSSR count). The molecule has 0 radical (unpaired) electrons. The van der Waals surface area contributed by atoms with E-state index in [4.69, 9.17) is 4.43 Å².